The van der Waals surface area contributed by atoms with Gasteiger partial charge in [0.15, 0.2) is 0 Å². The van der Waals surface area contributed by atoms with Crippen molar-refractivity contribution >= 4 is 11.9 Å². The lowest BCUT2D eigenvalue weighted by Crippen LogP contribution is -2.46. The molecule has 0 fully saturated rings. The summed E-state index contributed by atoms with van der Waals surface area (Å²) in [7, 11) is 0. The molecule has 1 heterocycles. The van der Waals surface area contributed by atoms with Gasteiger partial charge < -0.3 is 10.0 Å². The van der Waals surface area contributed by atoms with E-state index in [1.54, 1.807) is 11.8 Å². The first-order valence-electron chi connectivity index (χ1n) is 5.77. The van der Waals surface area contributed by atoms with E-state index in [9.17, 15) is 9.59 Å². The normalized spacial score (nSPS) is 11.3. The monoisotopic (exact) mass is 253 g/mol. The first-order valence-corrected chi connectivity index (χ1v) is 5.77. The molecule has 0 aromatic carbocycles. The molecule has 0 atom stereocenters. The molecule has 0 saturated carbocycles. The molecule has 0 unspecified atom stereocenters. The second-order valence-corrected chi connectivity index (χ2v) is 5.18. The van der Waals surface area contributed by atoms with Gasteiger partial charge in [-0.2, -0.15) is 5.10 Å². The maximum atomic E-state index is 12.4. The van der Waals surface area contributed by atoms with Crippen molar-refractivity contribution in [2.24, 2.45) is 0 Å². The standard InChI is InChI=1S/C12H19N3O3/c1-8-9(7-13-14-8)11(18)15(12(2,3)4)6-5-10(16)17/h7H,5-6H2,1-4H3,(H,13,14)(H,16,17). The number of aromatic nitrogens is 2. The fraction of sp³-hybridized carbons (Fsp3) is 0.583. The zero-order valence-corrected chi connectivity index (χ0v) is 11.1. The number of carbonyl (C=O) groups is 2. The topological polar surface area (TPSA) is 86.3 Å². The Morgan fingerprint density at radius 2 is 2.06 bits per heavy atom. The Hall–Kier alpha value is -1.85. The molecule has 0 aliphatic rings. The van der Waals surface area contributed by atoms with Gasteiger partial charge >= 0.3 is 5.97 Å². The van der Waals surface area contributed by atoms with E-state index in [1.165, 1.54) is 6.20 Å². The van der Waals surface area contributed by atoms with Crippen molar-refractivity contribution in [2.75, 3.05) is 6.54 Å². The average Bonchev–Trinajstić information content (AvgIpc) is 2.61. The fourth-order valence-electron chi connectivity index (χ4n) is 1.66. The molecule has 0 spiro atoms. The minimum atomic E-state index is -0.916. The van der Waals surface area contributed by atoms with Crippen molar-refractivity contribution in [1.29, 1.82) is 0 Å². The minimum absolute atomic E-state index is 0.0695. The molecule has 0 radical (unpaired) electrons. The van der Waals surface area contributed by atoms with Crippen LogP contribution < -0.4 is 0 Å². The summed E-state index contributed by atoms with van der Waals surface area (Å²) in [4.78, 5) is 24.6. The van der Waals surface area contributed by atoms with Gasteiger partial charge in [-0.15, -0.1) is 0 Å². The SMILES string of the molecule is Cc1[nH]ncc1C(=O)N(CCC(=O)O)C(C)(C)C. The number of aromatic amines is 1. The van der Waals surface area contributed by atoms with E-state index in [1.807, 2.05) is 20.8 Å². The number of nitrogens with one attached hydrogen (secondary N) is 1. The lowest BCUT2D eigenvalue weighted by molar-refractivity contribution is -0.137. The van der Waals surface area contributed by atoms with Crippen LogP contribution in [0.3, 0.4) is 0 Å². The molecule has 100 valence electrons. The first kappa shape index (κ1) is 14.2. The van der Waals surface area contributed by atoms with Gasteiger partial charge in [-0.1, -0.05) is 0 Å². The second-order valence-electron chi connectivity index (χ2n) is 5.18. The summed E-state index contributed by atoms with van der Waals surface area (Å²) in [6, 6.07) is 0. The van der Waals surface area contributed by atoms with Crippen LogP contribution in [0, 0.1) is 6.92 Å². The third-order valence-corrected chi connectivity index (χ3v) is 2.66. The molecule has 0 saturated heterocycles. The maximum Gasteiger partial charge on any atom is 0.305 e. The number of rotatable bonds is 4. The number of hydrogen-bond acceptors (Lipinski definition) is 3. The van der Waals surface area contributed by atoms with Crippen molar-refractivity contribution < 1.29 is 14.7 Å². The molecule has 0 bridgehead atoms. The molecule has 6 heteroatoms. The summed E-state index contributed by atoms with van der Waals surface area (Å²) in [5, 5.41) is 15.3. The number of amides is 1. The van der Waals surface area contributed by atoms with Crippen LogP contribution in [-0.4, -0.2) is 44.2 Å². The van der Waals surface area contributed by atoms with E-state index >= 15 is 0 Å². The van der Waals surface area contributed by atoms with Crippen molar-refractivity contribution in [3.8, 4) is 0 Å². The number of carbonyl (C=O) groups excluding carboxylic acids is 1. The van der Waals surface area contributed by atoms with Crippen LogP contribution in [0.25, 0.3) is 0 Å². The summed E-state index contributed by atoms with van der Waals surface area (Å²) in [5.74, 6) is -1.11. The lowest BCUT2D eigenvalue weighted by Gasteiger charge is -2.35. The van der Waals surface area contributed by atoms with Crippen LogP contribution in [0.1, 0.15) is 43.2 Å². The number of aryl methyl sites for hydroxylation is 1. The van der Waals surface area contributed by atoms with E-state index in [2.05, 4.69) is 10.2 Å². The average molecular weight is 253 g/mol. The zero-order chi connectivity index (χ0) is 13.9. The maximum absolute atomic E-state index is 12.4. The van der Waals surface area contributed by atoms with Gasteiger partial charge in [0, 0.05) is 17.8 Å². The predicted molar refractivity (Wildman–Crippen MR) is 66.4 cm³/mol. The van der Waals surface area contributed by atoms with Gasteiger partial charge in [-0.3, -0.25) is 14.7 Å². The van der Waals surface area contributed by atoms with Crippen LogP contribution >= 0.6 is 0 Å². The smallest absolute Gasteiger partial charge is 0.305 e. The lowest BCUT2D eigenvalue weighted by atomic mass is 10.0. The molecule has 6 nitrogen and oxygen atoms in total. The number of carboxylic acids is 1. The Kier molecular flexibility index (Phi) is 4.11. The molecule has 18 heavy (non-hydrogen) atoms. The summed E-state index contributed by atoms with van der Waals surface area (Å²) >= 11 is 0. The third kappa shape index (κ3) is 3.32. The Bertz CT molecular complexity index is 446. The number of hydrogen-bond donors (Lipinski definition) is 2. The summed E-state index contributed by atoms with van der Waals surface area (Å²) in [6.45, 7) is 7.58. The van der Waals surface area contributed by atoms with E-state index < -0.39 is 11.5 Å². The van der Waals surface area contributed by atoms with Crippen molar-refractivity contribution in [1.82, 2.24) is 15.1 Å². The summed E-state index contributed by atoms with van der Waals surface area (Å²) in [5.41, 5.74) is 0.732. The highest BCUT2D eigenvalue weighted by atomic mass is 16.4. The minimum Gasteiger partial charge on any atom is -0.481 e. The highest BCUT2D eigenvalue weighted by Gasteiger charge is 2.29. The Morgan fingerprint density at radius 3 is 2.44 bits per heavy atom. The highest BCUT2D eigenvalue weighted by Crippen LogP contribution is 2.18. The number of H-pyrrole nitrogens is 1. The number of carboxylic acid groups (broad SMARTS) is 1. The Morgan fingerprint density at radius 1 is 1.44 bits per heavy atom. The fourth-order valence-corrected chi connectivity index (χ4v) is 1.66. The second kappa shape index (κ2) is 5.20. The highest BCUT2D eigenvalue weighted by molar-refractivity contribution is 5.95. The number of nitrogens with zero attached hydrogens (tertiary/aromatic N) is 2. The molecule has 1 amide bonds. The molecular formula is C12H19N3O3. The molecule has 2 N–H and O–H groups in total. The predicted octanol–water partition coefficient (Wildman–Crippen LogP) is 1.43. The van der Waals surface area contributed by atoms with Gasteiger partial charge in [0.2, 0.25) is 0 Å². The van der Waals surface area contributed by atoms with E-state index in [-0.39, 0.29) is 18.9 Å². The quantitative estimate of drug-likeness (QED) is 0.850. The van der Waals surface area contributed by atoms with Crippen LogP contribution in [0.4, 0.5) is 0 Å². The van der Waals surface area contributed by atoms with Gasteiger partial charge in [-0.25, -0.2) is 0 Å². The van der Waals surface area contributed by atoms with E-state index in [4.69, 9.17) is 5.11 Å². The van der Waals surface area contributed by atoms with Gasteiger partial charge in [0.05, 0.1) is 18.2 Å². The Balaban J connectivity index is 2.94. The van der Waals surface area contributed by atoms with Crippen LogP contribution in [0.5, 0.6) is 0 Å². The zero-order valence-electron chi connectivity index (χ0n) is 11.1. The van der Waals surface area contributed by atoms with Gasteiger partial charge in [0.1, 0.15) is 0 Å². The van der Waals surface area contributed by atoms with Crippen LogP contribution in [-0.2, 0) is 4.79 Å². The van der Waals surface area contributed by atoms with Crippen molar-refractivity contribution in [3.05, 3.63) is 17.5 Å². The molecule has 0 aliphatic carbocycles. The van der Waals surface area contributed by atoms with Crippen molar-refractivity contribution in [2.45, 2.75) is 39.7 Å². The third-order valence-electron chi connectivity index (χ3n) is 2.66. The molecular weight excluding hydrogens is 234 g/mol. The van der Waals surface area contributed by atoms with Crippen LogP contribution in [0.2, 0.25) is 0 Å². The Labute approximate surface area is 106 Å². The first-order chi connectivity index (χ1) is 8.23. The molecule has 0 aliphatic heterocycles. The van der Waals surface area contributed by atoms with Gasteiger partial charge in [0.25, 0.3) is 5.91 Å². The summed E-state index contributed by atoms with van der Waals surface area (Å²) < 4.78 is 0. The van der Waals surface area contributed by atoms with Crippen molar-refractivity contribution in [3.63, 3.8) is 0 Å². The number of aliphatic carboxylic acids is 1. The summed E-state index contributed by atoms with van der Waals surface area (Å²) in [6.07, 6.45) is 1.40. The van der Waals surface area contributed by atoms with Gasteiger partial charge in [-0.05, 0) is 27.7 Å². The van der Waals surface area contributed by atoms with E-state index in [0.29, 0.717) is 11.3 Å². The molecule has 1 rings (SSSR count). The molecule has 1 aromatic heterocycles. The molecule has 1 aromatic rings. The largest absolute Gasteiger partial charge is 0.481 e. The van der Waals surface area contributed by atoms with Crippen LogP contribution in [0.15, 0.2) is 6.20 Å². The van der Waals surface area contributed by atoms with E-state index in [0.717, 1.165) is 0 Å².